The van der Waals surface area contributed by atoms with E-state index in [2.05, 4.69) is 45.0 Å². The van der Waals surface area contributed by atoms with Crippen LogP contribution in [0.3, 0.4) is 0 Å². The molecule has 0 aliphatic carbocycles. The van der Waals surface area contributed by atoms with Crippen molar-refractivity contribution in [2.75, 3.05) is 47.3 Å². The van der Waals surface area contributed by atoms with Crippen LogP contribution in [0.15, 0.2) is 59.0 Å². The topological polar surface area (TPSA) is 108 Å². The molecule has 1 aromatic heterocycles. The van der Waals surface area contributed by atoms with E-state index in [1.54, 1.807) is 26.0 Å². The van der Waals surface area contributed by atoms with Crippen molar-refractivity contribution in [1.29, 1.82) is 0 Å². The van der Waals surface area contributed by atoms with Crippen LogP contribution in [0.2, 0.25) is 0 Å². The predicted octanol–water partition coefficient (Wildman–Crippen LogP) is 4.64. The Hall–Kier alpha value is -3.22. The lowest BCUT2D eigenvalue weighted by Crippen LogP contribution is -2.51. The standard InChI is InChI=1S/C28H42N6O4S.C2H6.CH3F/c1-20(2)26(31-28(29-5)30-24-11-14-33(15-12-24)39(7,36)37)34(27(35)21(3)4)19-22-8-9-25-23(18-22)10-13-32(25)16-17-38-6;2*1-2/h8-10,13,18,24H,3,11-12,14-17,19H2,1-2,4-7H3,(H2,29,30,31);1-2H3;1H3. The molecular weight excluding hydrogens is 571 g/mol. The lowest BCUT2D eigenvalue weighted by Gasteiger charge is -2.33. The van der Waals surface area contributed by atoms with Crippen LogP contribution in [0, 0.1) is 0 Å². The number of aromatic nitrogens is 1. The van der Waals surface area contributed by atoms with E-state index < -0.39 is 10.0 Å². The second kappa shape index (κ2) is 18.4. The Morgan fingerprint density at radius 1 is 1.16 bits per heavy atom. The Morgan fingerprint density at radius 2 is 1.79 bits per heavy atom. The number of sulfonamides is 1. The van der Waals surface area contributed by atoms with Crippen LogP contribution in [0.4, 0.5) is 4.39 Å². The minimum Gasteiger partial charge on any atom is -0.383 e. The smallest absolute Gasteiger partial charge is 0.254 e. The summed E-state index contributed by atoms with van der Waals surface area (Å²) in [6.45, 7) is 16.2. The van der Waals surface area contributed by atoms with Crippen molar-refractivity contribution < 1.29 is 22.3 Å². The summed E-state index contributed by atoms with van der Waals surface area (Å²) in [4.78, 5) is 19.5. The summed E-state index contributed by atoms with van der Waals surface area (Å²) < 4.78 is 42.1. The molecule has 3 rings (SSSR count). The molecule has 0 unspecified atom stereocenters. The van der Waals surface area contributed by atoms with Gasteiger partial charge in [-0.3, -0.25) is 19.1 Å². The minimum absolute atomic E-state index is 0.0578. The van der Waals surface area contributed by atoms with Gasteiger partial charge in [-0.15, -0.1) is 0 Å². The minimum atomic E-state index is -3.20. The number of carbonyl (C=O) groups is 1. The quantitative estimate of drug-likeness (QED) is 0.227. The molecule has 0 saturated carbocycles. The lowest BCUT2D eigenvalue weighted by molar-refractivity contribution is -0.126. The fourth-order valence-electron chi connectivity index (χ4n) is 4.65. The number of rotatable bonds is 10. The fraction of sp³-hybridized carbons (Fsp3) is 0.548. The van der Waals surface area contributed by atoms with Gasteiger partial charge in [0.1, 0.15) is 5.82 Å². The summed E-state index contributed by atoms with van der Waals surface area (Å²) in [6, 6.07) is 8.34. The Bertz CT molecular complexity index is 1360. The Kier molecular flexibility index (Phi) is 16.2. The zero-order chi connectivity index (χ0) is 32.7. The number of halogens is 1. The largest absolute Gasteiger partial charge is 0.383 e. The van der Waals surface area contributed by atoms with Crippen LogP contribution < -0.4 is 10.6 Å². The molecule has 1 saturated heterocycles. The molecule has 43 heavy (non-hydrogen) atoms. The summed E-state index contributed by atoms with van der Waals surface area (Å²) >= 11 is 0. The molecule has 1 amide bonds. The van der Waals surface area contributed by atoms with Crippen molar-refractivity contribution in [1.82, 2.24) is 24.4 Å². The molecule has 0 radical (unpaired) electrons. The Balaban J connectivity index is 0.00000221. The van der Waals surface area contributed by atoms with E-state index in [-0.39, 0.29) is 11.9 Å². The lowest BCUT2D eigenvalue weighted by atomic mass is 10.1. The van der Waals surface area contributed by atoms with Gasteiger partial charge in [0.15, 0.2) is 5.96 Å². The number of guanidine groups is 1. The van der Waals surface area contributed by atoms with Gasteiger partial charge in [-0.2, -0.15) is 0 Å². The number of piperidine rings is 1. The second-order valence-corrected chi connectivity index (χ2v) is 12.2. The maximum atomic E-state index is 13.4. The van der Waals surface area contributed by atoms with E-state index in [4.69, 9.17) is 4.74 Å². The highest BCUT2D eigenvalue weighted by Gasteiger charge is 2.27. The molecule has 242 valence electrons. The van der Waals surface area contributed by atoms with Gasteiger partial charge in [-0.05, 0) is 68.3 Å². The number of aliphatic imine (C=N–C) groups is 1. The van der Waals surface area contributed by atoms with Crippen molar-refractivity contribution >= 4 is 32.8 Å². The number of fused-ring (bicyclic) bond motifs is 1. The molecule has 1 aliphatic rings. The average Bonchev–Trinajstić information content (AvgIpc) is 3.40. The van der Waals surface area contributed by atoms with Gasteiger partial charge < -0.3 is 19.9 Å². The van der Waals surface area contributed by atoms with Crippen molar-refractivity contribution in [3.05, 3.63) is 59.6 Å². The first-order valence-corrected chi connectivity index (χ1v) is 16.3. The van der Waals surface area contributed by atoms with Gasteiger partial charge in [0, 0.05) is 57.1 Å². The van der Waals surface area contributed by atoms with Crippen molar-refractivity contribution in [2.24, 2.45) is 4.99 Å². The van der Waals surface area contributed by atoms with Crippen LogP contribution in [0.5, 0.6) is 0 Å². The third kappa shape index (κ3) is 11.1. The van der Waals surface area contributed by atoms with E-state index in [1.807, 2.05) is 40.0 Å². The predicted molar refractivity (Wildman–Crippen MR) is 175 cm³/mol. The maximum absolute atomic E-state index is 13.4. The first kappa shape index (κ1) is 37.8. The Morgan fingerprint density at radius 3 is 2.30 bits per heavy atom. The van der Waals surface area contributed by atoms with Crippen LogP contribution in [-0.2, 0) is 32.6 Å². The van der Waals surface area contributed by atoms with Crippen LogP contribution in [0.1, 0.15) is 53.0 Å². The van der Waals surface area contributed by atoms with E-state index >= 15 is 0 Å². The molecular formula is C31H51FN6O4S. The number of alkyl halides is 1. The highest BCUT2D eigenvalue weighted by atomic mass is 32.2. The van der Waals surface area contributed by atoms with Gasteiger partial charge in [0.25, 0.3) is 5.91 Å². The van der Waals surface area contributed by atoms with Gasteiger partial charge in [-0.1, -0.05) is 26.5 Å². The monoisotopic (exact) mass is 622 g/mol. The second-order valence-electron chi connectivity index (χ2n) is 10.2. The molecule has 2 heterocycles. The SMILES string of the molecule is C=C(C)C(=O)N(Cc1ccc2c(ccn2CCOC)c1)C(NC(=NC)NC1CCN(S(C)(=O)=O)CC1)=C(C)C.CC.CF. The number of benzene rings is 1. The number of hydrogen-bond acceptors (Lipinski definition) is 5. The molecule has 12 heteroatoms. The van der Waals surface area contributed by atoms with E-state index in [0.29, 0.717) is 63.6 Å². The number of nitrogens with zero attached hydrogens (tertiary/aromatic N) is 4. The third-order valence-electron chi connectivity index (χ3n) is 6.79. The van der Waals surface area contributed by atoms with Crippen LogP contribution in [-0.4, -0.2) is 87.4 Å². The number of nitrogens with one attached hydrogen (secondary N) is 2. The molecule has 0 bridgehead atoms. The Labute approximate surface area is 257 Å². The summed E-state index contributed by atoms with van der Waals surface area (Å²) in [5.41, 5.74) is 3.43. The van der Waals surface area contributed by atoms with E-state index in [0.717, 1.165) is 28.6 Å². The average molecular weight is 623 g/mol. The van der Waals surface area contributed by atoms with Crippen molar-refractivity contribution in [2.45, 2.75) is 66.6 Å². The molecule has 2 aromatic rings. The first-order valence-electron chi connectivity index (χ1n) is 14.5. The van der Waals surface area contributed by atoms with Crippen molar-refractivity contribution in [3.8, 4) is 0 Å². The van der Waals surface area contributed by atoms with E-state index in [1.165, 1.54) is 10.6 Å². The zero-order valence-electron chi connectivity index (χ0n) is 27.3. The number of methoxy groups -OCH3 is 1. The van der Waals surface area contributed by atoms with Crippen LogP contribution in [0.25, 0.3) is 10.9 Å². The normalized spacial score (nSPS) is 14.1. The number of ether oxygens (including phenoxy) is 1. The molecule has 0 spiro atoms. The summed E-state index contributed by atoms with van der Waals surface area (Å²) in [5.74, 6) is 0.963. The fourth-order valence-corrected chi connectivity index (χ4v) is 5.53. The van der Waals surface area contributed by atoms with Gasteiger partial charge >= 0.3 is 0 Å². The third-order valence-corrected chi connectivity index (χ3v) is 8.09. The molecule has 1 fully saturated rings. The van der Waals surface area contributed by atoms with Gasteiger partial charge in [0.2, 0.25) is 10.0 Å². The van der Waals surface area contributed by atoms with Crippen LogP contribution >= 0.6 is 0 Å². The maximum Gasteiger partial charge on any atom is 0.254 e. The number of carbonyl (C=O) groups excluding carboxylic acids is 1. The molecule has 2 N–H and O–H groups in total. The number of hydrogen-bond donors (Lipinski definition) is 2. The zero-order valence-corrected chi connectivity index (χ0v) is 28.1. The molecule has 0 atom stereocenters. The molecule has 1 aliphatic heterocycles. The van der Waals surface area contributed by atoms with Crippen molar-refractivity contribution in [3.63, 3.8) is 0 Å². The summed E-state index contributed by atoms with van der Waals surface area (Å²) in [7, 11) is 0.673. The highest BCUT2D eigenvalue weighted by Crippen LogP contribution is 2.22. The van der Waals surface area contributed by atoms with E-state index in [9.17, 15) is 17.6 Å². The van der Waals surface area contributed by atoms with Gasteiger partial charge in [0.05, 0.1) is 26.6 Å². The highest BCUT2D eigenvalue weighted by molar-refractivity contribution is 7.88. The molecule has 1 aromatic carbocycles. The first-order chi connectivity index (χ1) is 20.4. The number of amides is 1. The summed E-state index contributed by atoms with van der Waals surface area (Å²) in [5, 5.41) is 7.84. The molecule has 10 nitrogen and oxygen atoms in total. The number of allylic oxidation sites excluding steroid dienone is 1. The summed E-state index contributed by atoms with van der Waals surface area (Å²) in [6.07, 6.45) is 4.61. The van der Waals surface area contributed by atoms with Gasteiger partial charge in [-0.25, -0.2) is 12.7 Å².